The molecule has 0 bridgehead atoms. The van der Waals surface area contributed by atoms with Gasteiger partial charge in [0.1, 0.15) is 5.75 Å². The Morgan fingerprint density at radius 1 is 1.10 bits per heavy atom. The Bertz CT molecular complexity index is 937. The number of rotatable bonds is 6. The lowest BCUT2D eigenvalue weighted by Gasteiger charge is -2.25. The van der Waals surface area contributed by atoms with Crippen molar-refractivity contribution in [1.82, 2.24) is 4.90 Å². The number of ether oxygens (including phenoxy) is 2. The van der Waals surface area contributed by atoms with E-state index in [2.05, 4.69) is 0 Å². The fourth-order valence-electron chi connectivity index (χ4n) is 3.47. The molecule has 0 aromatic heterocycles. The number of esters is 2. The van der Waals surface area contributed by atoms with E-state index in [1.807, 2.05) is 18.2 Å². The lowest BCUT2D eigenvalue weighted by atomic mass is 9.82. The van der Waals surface area contributed by atoms with Gasteiger partial charge in [-0.25, -0.2) is 0 Å². The summed E-state index contributed by atoms with van der Waals surface area (Å²) in [5.74, 6) is -1.00. The van der Waals surface area contributed by atoms with Crippen molar-refractivity contribution >= 4 is 23.5 Å². The van der Waals surface area contributed by atoms with Crippen LogP contribution in [-0.4, -0.2) is 43.4 Å². The summed E-state index contributed by atoms with van der Waals surface area (Å²) in [4.78, 5) is 37.4. The fourth-order valence-corrected chi connectivity index (χ4v) is 3.47. The van der Waals surface area contributed by atoms with Gasteiger partial charge in [0.2, 0.25) is 0 Å². The third-order valence-corrected chi connectivity index (χ3v) is 5.17. The lowest BCUT2D eigenvalue weighted by molar-refractivity contribution is -0.150. The van der Waals surface area contributed by atoms with Crippen molar-refractivity contribution in [3.63, 3.8) is 0 Å². The molecule has 2 aromatic rings. The van der Waals surface area contributed by atoms with Crippen LogP contribution in [-0.2, 0) is 32.0 Å². The van der Waals surface area contributed by atoms with Gasteiger partial charge in [0.25, 0.3) is 5.91 Å². The second kappa shape index (κ2) is 9.43. The molecule has 1 aliphatic carbocycles. The summed E-state index contributed by atoms with van der Waals surface area (Å²) in [6.07, 6.45) is 2.52. The highest BCUT2D eigenvalue weighted by Crippen LogP contribution is 2.35. The molecule has 0 aliphatic heterocycles. The molecule has 1 atom stereocenters. The third kappa shape index (κ3) is 5.17. The molecule has 0 spiro atoms. The number of nitrogens with zero attached hydrogens (tertiary/aromatic N) is 1. The summed E-state index contributed by atoms with van der Waals surface area (Å²) in [6.45, 7) is -0.283. The summed E-state index contributed by atoms with van der Waals surface area (Å²) >= 11 is 0. The number of fused-ring (bicyclic) bond motifs is 1. The van der Waals surface area contributed by atoms with Crippen LogP contribution in [0.4, 0.5) is 5.69 Å². The highest BCUT2D eigenvalue weighted by atomic mass is 16.5. The molecule has 0 saturated heterocycles. The number of likely N-dealkylation sites (N-methyl/N-ethyl adjacent to an activating group) is 1. The number of hydrogen-bond acceptors (Lipinski definition) is 6. The summed E-state index contributed by atoms with van der Waals surface area (Å²) in [7, 11) is 3.19. The molecular weight excluding hydrogens is 384 g/mol. The standard InChI is InChI=1S/C23H26N2O5/c1-25(2)21(26)14-29-22(27)13-15-9-11-16(12-10-15)30-23(28)19-7-3-6-18-17(19)5-4-8-20(18)24/h4-5,8-12,19H,3,6-7,13-14,24H2,1-2H3. The predicted molar refractivity (Wildman–Crippen MR) is 112 cm³/mol. The zero-order valence-corrected chi connectivity index (χ0v) is 17.2. The van der Waals surface area contributed by atoms with Crippen LogP contribution in [0.25, 0.3) is 0 Å². The van der Waals surface area contributed by atoms with E-state index in [1.165, 1.54) is 4.90 Å². The van der Waals surface area contributed by atoms with Crippen LogP contribution >= 0.6 is 0 Å². The van der Waals surface area contributed by atoms with Crippen LogP contribution in [0.5, 0.6) is 5.75 Å². The second-order valence-electron chi connectivity index (χ2n) is 7.55. The maximum Gasteiger partial charge on any atom is 0.318 e. The Balaban J connectivity index is 1.57. The zero-order valence-electron chi connectivity index (χ0n) is 17.2. The minimum absolute atomic E-state index is 0.0320. The van der Waals surface area contributed by atoms with Gasteiger partial charge in [-0.1, -0.05) is 24.3 Å². The van der Waals surface area contributed by atoms with Crippen LogP contribution < -0.4 is 10.5 Å². The molecule has 3 rings (SSSR count). The highest BCUT2D eigenvalue weighted by molar-refractivity contribution is 5.82. The van der Waals surface area contributed by atoms with Crippen molar-refractivity contribution in [2.24, 2.45) is 0 Å². The van der Waals surface area contributed by atoms with Crippen LogP contribution in [0.3, 0.4) is 0 Å². The maximum absolute atomic E-state index is 12.7. The molecule has 0 radical (unpaired) electrons. The smallest absolute Gasteiger partial charge is 0.318 e. The van der Waals surface area contributed by atoms with Gasteiger partial charge in [0.05, 0.1) is 12.3 Å². The van der Waals surface area contributed by atoms with Crippen molar-refractivity contribution < 1.29 is 23.9 Å². The summed E-state index contributed by atoms with van der Waals surface area (Å²) in [5.41, 5.74) is 9.45. The van der Waals surface area contributed by atoms with Crippen molar-refractivity contribution in [3.05, 3.63) is 59.2 Å². The van der Waals surface area contributed by atoms with Crippen molar-refractivity contribution in [2.75, 3.05) is 26.4 Å². The molecule has 2 N–H and O–H groups in total. The van der Waals surface area contributed by atoms with Crippen molar-refractivity contribution in [2.45, 2.75) is 31.6 Å². The minimum Gasteiger partial charge on any atom is -0.455 e. The van der Waals surface area contributed by atoms with E-state index in [0.717, 1.165) is 30.4 Å². The van der Waals surface area contributed by atoms with E-state index in [-0.39, 0.29) is 30.8 Å². The average Bonchev–Trinajstić information content (AvgIpc) is 2.73. The first-order chi connectivity index (χ1) is 14.3. The Kier molecular flexibility index (Phi) is 6.72. The largest absolute Gasteiger partial charge is 0.455 e. The number of benzene rings is 2. The first-order valence-corrected chi connectivity index (χ1v) is 9.89. The van der Waals surface area contributed by atoms with E-state index in [9.17, 15) is 14.4 Å². The molecule has 0 heterocycles. The molecule has 1 aliphatic rings. The third-order valence-electron chi connectivity index (χ3n) is 5.17. The molecule has 1 unspecified atom stereocenters. The lowest BCUT2D eigenvalue weighted by Crippen LogP contribution is -2.27. The van der Waals surface area contributed by atoms with Crippen molar-refractivity contribution in [1.29, 1.82) is 0 Å². The molecule has 7 nitrogen and oxygen atoms in total. The van der Waals surface area contributed by atoms with E-state index in [0.29, 0.717) is 17.0 Å². The van der Waals surface area contributed by atoms with Gasteiger partial charge in [0, 0.05) is 19.8 Å². The quantitative estimate of drug-likeness (QED) is 0.446. The van der Waals surface area contributed by atoms with Gasteiger partial charge in [-0.3, -0.25) is 14.4 Å². The number of carbonyl (C=O) groups is 3. The van der Waals surface area contributed by atoms with Gasteiger partial charge in [-0.15, -0.1) is 0 Å². The molecule has 0 saturated carbocycles. The Labute approximate surface area is 175 Å². The number of anilines is 1. The van der Waals surface area contributed by atoms with Gasteiger partial charge >= 0.3 is 11.9 Å². The molecule has 30 heavy (non-hydrogen) atoms. The zero-order chi connectivity index (χ0) is 21.7. The SMILES string of the molecule is CN(C)C(=O)COC(=O)Cc1ccc(OC(=O)C2CCCc3c(N)cccc32)cc1. The first kappa shape index (κ1) is 21.4. The second-order valence-corrected chi connectivity index (χ2v) is 7.55. The molecule has 7 heteroatoms. The monoisotopic (exact) mass is 410 g/mol. The highest BCUT2D eigenvalue weighted by Gasteiger charge is 2.29. The number of amides is 1. The first-order valence-electron chi connectivity index (χ1n) is 9.89. The Morgan fingerprint density at radius 2 is 1.83 bits per heavy atom. The predicted octanol–water partition coefficient (Wildman–Crippen LogP) is 2.47. The van der Waals surface area contributed by atoms with Crippen LogP contribution in [0.2, 0.25) is 0 Å². The molecule has 2 aromatic carbocycles. The van der Waals surface area contributed by atoms with Gasteiger partial charge in [0.15, 0.2) is 6.61 Å². The van der Waals surface area contributed by atoms with Crippen LogP contribution in [0.15, 0.2) is 42.5 Å². The average molecular weight is 410 g/mol. The summed E-state index contributed by atoms with van der Waals surface area (Å²) < 4.78 is 10.5. The molecular formula is C23H26N2O5. The molecule has 1 amide bonds. The summed E-state index contributed by atoms with van der Waals surface area (Å²) in [6, 6.07) is 12.3. The van der Waals surface area contributed by atoms with Crippen LogP contribution in [0.1, 0.15) is 35.4 Å². The van der Waals surface area contributed by atoms with E-state index in [1.54, 1.807) is 38.4 Å². The normalized spacial score (nSPS) is 15.1. The maximum atomic E-state index is 12.7. The topological polar surface area (TPSA) is 98.9 Å². The molecule has 0 fully saturated rings. The van der Waals surface area contributed by atoms with Crippen molar-refractivity contribution in [3.8, 4) is 5.75 Å². The minimum atomic E-state index is -0.494. The fraction of sp³-hybridized carbons (Fsp3) is 0.348. The number of nitrogens with two attached hydrogens (primary N) is 1. The molecule has 158 valence electrons. The summed E-state index contributed by atoms with van der Waals surface area (Å²) in [5, 5.41) is 0. The Morgan fingerprint density at radius 3 is 2.53 bits per heavy atom. The van der Waals surface area contributed by atoms with E-state index >= 15 is 0 Å². The van der Waals surface area contributed by atoms with Crippen LogP contribution in [0, 0.1) is 0 Å². The van der Waals surface area contributed by atoms with E-state index in [4.69, 9.17) is 15.2 Å². The number of nitrogen functional groups attached to an aromatic ring is 1. The Hall–Kier alpha value is -3.35. The number of hydrogen-bond donors (Lipinski definition) is 1. The number of carbonyl (C=O) groups excluding carboxylic acids is 3. The van der Waals surface area contributed by atoms with Gasteiger partial charge in [-0.2, -0.15) is 0 Å². The van der Waals surface area contributed by atoms with Gasteiger partial charge < -0.3 is 20.1 Å². The van der Waals surface area contributed by atoms with Gasteiger partial charge in [-0.05, 0) is 54.2 Å². The van der Waals surface area contributed by atoms with E-state index < -0.39 is 5.97 Å².